The highest BCUT2D eigenvalue weighted by atomic mass is 32.2. The van der Waals surface area contributed by atoms with Crippen LogP contribution in [0, 0.1) is 0 Å². The van der Waals surface area contributed by atoms with E-state index in [9.17, 15) is 26.4 Å². The summed E-state index contributed by atoms with van der Waals surface area (Å²) in [5.41, 5.74) is 3.94. The Morgan fingerprint density at radius 3 is 1.41 bits per heavy atom. The smallest absolute Gasteiger partial charge is 0.298 e. The van der Waals surface area contributed by atoms with Crippen LogP contribution in [-0.2, 0) is 41.4 Å². The summed E-state index contributed by atoms with van der Waals surface area (Å²) < 4.78 is 82.2. The van der Waals surface area contributed by atoms with Gasteiger partial charge in [-0.3, -0.25) is 27.9 Å². The monoisotopic (exact) mass is 990 g/mol. The molecule has 2 unspecified atom stereocenters. The quantitative estimate of drug-likeness (QED) is 0.0515. The van der Waals surface area contributed by atoms with Crippen LogP contribution in [0.2, 0.25) is 0 Å². The van der Waals surface area contributed by atoms with Crippen LogP contribution in [0.15, 0.2) is 132 Å². The van der Waals surface area contributed by atoms with E-state index in [2.05, 4.69) is 20.6 Å². The van der Waals surface area contributed by atoms with Crippen molar-refractivity contribution in [2.75, 3.05) is 62.3 Å². The van der Waals surface area contributed by atoms with Gasteiger partial charge in [-0.05, 0) is 111 Å². The van der Waals surface area contributed by atoms with Gasteiger partial charge in [0.1, 0.15) is 46.7 Å². The number of nitrogens with one attached hydrogen (secondary N) is 2. The Morgan fingerprint density at radius 2 is 1.01 bits per heavy atom. The van der Waals surface area contributed by atoms with E-state index in [-0.39, 0.29) is 58.7 Å². The molecule has 70 heavy (non-hydrogen) atoms. The Hall–Kier alpha value is -6.28. The molecule has 2 aliphatic rings. The molecule has 2 N–H and O–H groups in total. The van der Waals surface area contributed by atoms with Crippen LogP contribution in [0.5, 0.6) is 11.5 Å². The van der Waals surface area contributed by atoms with Crippen LogP contribution in [-0.4, -0.2) is 103 Å². The number of hydrogen-bond donors (Lipinski definition) is 2. The van der Waals surface area contributed by atoms with E-state index >= 15 is 0 Å². The molecule has 0 bridgehead atoms. The maximum atomic E-state index is 14.4. The Balaban J connectivity index is 1.02. The van der Waals surface area contributed by atoms with Gasteiger partial charge in [0.2, 0.25) is 0 Å². The predicted octanol–water partition coefficient (Wildman–Crippen LogP) is 7.12. The van der Waals surface area contributed by atoms with Crippen LogP contribution in [0.25, 0.3) is 10.8 Å². The van der Waals surface area contributed by atoms with Gasteiger partial charge >= 0.3 is 0 Å². The summed E-state index contributed by atoms with van der Waals surface area (Å²) in [7, 11) is -9.14. The molecule has 6 aromatic rings. The van der Waals surface area contributed by atoms with Crippen molar-refractivity contribution >= 4 is 54.2 Å². The minimum absolute atomic E-state index is 0.110. The van der Waals surface area contributed by atoms with Gasteiger partial charge in [-0.15, -0.1) is 0 Å². The molecule has 18 heteroatoms. The lowest BCUT2D eigenvalue weighted by Gasteiger charge is -2.31. The second-order valence-corrected chi connectivity index (χ2v) is 20.2. The van der Waals surface area contributed by atoms with Crippen LogP contribution < -0.4 is 29.9 Å². The van der Waals surface area contributed by atoms with Crippen molar-refractivity contribution in [3.63, 3.8) is 0 Å². The third-order valence-electron chi connectivity index (χ3n) is 12.0. The molecule has 16 nitrogen and oxygen atoms in total. The number of nitrogens with zero attached hydrogens (tertiary/aromatic N) is 4. The second-order valence-electron chi connectivity index (χ2n) is 17.1. The molecule has 2 aliphatic heterocycles. The van der Waals surface area contributed by atoms with Gasteiger partial charge in [-0.2, -0.15) is 16.8 Å². The molecule has 368 valence electrons. The number of aryl methyl sites for hydroxylation is 2. The summed E-state index contributed by atoms with van der Waals surface area (Å²) in [4.78, 5) is 38.5. The first-order valence-electron chi connectivity index (χ1n) is 23.7. The first kappa shape index (κ1) is 50.1. The summed E-state index contributed by atoms with van der Waals surface area (Å²) in [5, 5.41) is 6.70. The first-order valence-corrected chi connectivity index (χ1v) is 26.5. The van der Waals surface area contributed by atoms with Crippen molar-refractivity contribution in [2.24, 2.45) is 0 Å². The third kappa shape index (κ3) is 11.7. The van der Waals surface area contributed by atoms with E-state index < -0.39 is 32.4 Å². The van der Waals surface area contributed by atoms with Crippen LogP contribution >= 0.6 is 0 Å². The average molecular weight is 991 g/mol. The van der Waals surface area contributed by atoms with Crippen molar-refractivity contribution in [3.8, 4) is 11.5 Å². The Bertz CT molecular complexity index is 2800. The molecule has 2 aromatic heterocycles. The van der Waals surface area contributed by atoms with Gasteiger partial charge < -0.3 is 29.9 Å². The van der Waals surface area contributed by atoms with Gasteiger partial charge in [0, 0.05) is 61.7 Å². The van der Waals surface area contributed by atoms with Crippen molar-refractivity contribution in [3.05, 3.63) is 144 Å². The van der Waals surface area contributed by atoms with Gasteiger partial charge in [-0.25, -0.2) is 0 Å². The summed E-state index contributed by atoms with van der Waals surface area (Å²) in [6.45, 7) is 5.90. The molecule has 0 saturated heterocycles. The molecule has 4 aromatic carbocycles. The van der Waals surface area contributed by atoms with Crippen molar-refractivity contribution < 1.29 is 44.3 Å². The Kier molecular flexibility index (Phi) is 16.5. The second kappa shape index (κ2) is 23.1. The maximum Gasteiger partial charge on any atom is 0.298 e. The molecule has 0 fully saturated rings. The highest BCUT2D eigenvalue weighted by Gasteiger charge is 2.32. The Morgan fingerprint density at radius 1 is 0.586 bits per heavy atom. The highest BCUT2D eigenvalue weighted by Crippen LogP contribution is 2.39. The number of rotatable bonds is 22. The SMILES string of the molecule is CCCNCC(COc1cccc2c1N(C(=O)c1cccnc1)CCC2)OS(=O)(=O)c1cccc2c(S(=O)(=O)OC(CNCCC)COc3cccc4c3N(C(=O)c3cccnc3)CCC4)cccc12. The number of aromatic nitrogens is 2. The van der Waals surface area contributed by atoms with Crippen LogP contribution in [0.1, 0.15) is 71.4 Å². The standard InChI is InChI=1S/C52H58N6O10S2/c1-3-25-53-33-41(35-65-45-21-5-13-37-17-11-29-57(49(37)45)51(59)39-15-9-27-55-31-39)67-69(61,62)47-23-7-20-44-43(47)19-8-24-48(44)70(63,64)68-42(34-54-26-4-2)36-66-46-22-6-14-38-18-12-30-58(50(38)46)52(60)40-16-10-28-56-32-40/h5-10,13-16,19-24,27-28,31-32,41-42,53-54H,3-4,11-12,17-18,25-26,29-30,33-36H2,1-2H3. The average Bonchev–Trinajstić information content (AvgIpc) is 3.38. The van der Waals surface area contributed by atoms with Crippen LogP contribution in [0.4, 0.5) is 11.4 Å². The molecule has 0 spiro atoms. The molecule has 4 heterocycles. The van der Waals surface area contributed by atoms with E-state index in [1.54, 1.807) is 58.6 Å². The number of anilines is 2. The minimum atomic E-state index is -4.57. The molecule has 0 aliphatic carbocycles. The lowest BCUT2D eigenvalue weighted by molar-refractivity contribution is 0.0974. The number of amides is 2. The molecule has 0 radical (unpaired) electrons. The number of hydrogen-bond acceptors (Lipinski definition) is 14. The zero-order valence-electron chi connectivity index (χ0n) is 39.3. The normalized spacial score (nSPS) is 14.7. The molecule has 2 amide bonds. The fourth-order valence-electron chi connectivity index (χ4n) is 8.80. The lowest BCUT2D eigenvalue weighted by Crippen LogP contribution is -2.38. The molecule has 8 rings (SSSR count). The largest absolute Gasteiger partial charge is 0.489 e. The highest BCUT2D eigenvalue weighted by molar-refractivity contribution is 7.87. The fraction of sp³-hybridized carbons (Fsp3) is 0.346. The van der Waals surface area contributed by atoms with Crippen LogP contribution in [0.3, 0.4) is 0 Å². The van der Waals surface area contributed by atoms with E-state index in [1.165, 1.54) is 48.8 Å². The predicted molar refractivity (Wildman–Crippen MR) is 267 cm³/mol. The molecule has 0 saturated carbocycles. The Labute approximate surface area is 409 Å². The summed E-state index contributed by atoms with van der Waals surface area (Å²) in [6, 6.07) is 26.6. The summed E-state index contributed by atoms with van der Waals surface area (Å²) >= 11 is 0. The van der Waals surface area contributed by atoms with Gasteiger partial charge in [0.15, 0.2) is 0 Å². The topological polar surface area (TPSA) is 196 Å². The van der Waals surface area contributed by atoms with E-state index in [4.69, 9.17) is 17.8 Å². The number of carbonyl (C=O) groups excluding carboxylic acids is 2. The van der Waals surface area contributed by atoms with Gasteiger partial charge in [-0.1, -0.05) is 62.4 Å². The first-order chi connectivity index (χ1) is 34.0. The number of pyridine rings is 2. The molecule has 2 atom stereocenters. The van der Waals surface area contributed by atoms with Crippen molar-refractivity contribution in [1.29, 1.82) is 0 Å². The molecular formula is C52H58N6O10S2. The van der Waals surface area contributed by atoms with E-state index in [0.717, 1.165) is 49.7 Å². The minimum Gasteiger partial charge on any atom is -0.489 e. The number of fused-ring (bicyclic) bond motifs is 3. The van der Waals surface area contributed by atoms with Crippen molar-refractivity contribution in [2.45, 2.75) is 74.4 Å². The number of ether oxygens (including phenoxy) is 2. The van der Waals surface area contributed by atoms with E-state index in [0.29, 0.717) is 60.2 Å². The molecular weight excluding hydrogens is 933 g/mol. The van der Waals surface area contributed by atoms with Gasteiger partial charge in [0.25, 0.3) is 32.1 Å². The van der Waals surface area contributed by atoms with E-state index in [1.807, 2.05) is 38.1 Å². The number of benzene rings is 4. The van der Waals surface area contributed by atoms with Crippen molar-refractivity contribution in [1.82, 2.24) is 20.6 Å². The third-order valence-corrected chi connectivity index (χ3v) is 14.9. The zero-order valence-corrected chi connectivity index (χ0v) is 40.9. The summed E-state index contributed by atoms with van der Waals surface area (Å²) in [5.74, 6) is 0.369. The fourth-order valence-corrected chi connectivity index (χ4v) is 11.4. The maximum absolute atomic E-state index is 14.4. The summed E-state index contributed by atoms with van der Waals surface area (Å²) in [6.07, 6.45) is 8.72. The lowest BCUT2D eigenvalue weighted by atomic mass is 10.00. The van der Waals surface area contributed by atoms with Gasteiger partial charge in [0.05, 0.1) is 22.5 Å². The zero-order chi connectivity index (χ0) is 49.1. The number of carbonyl (C=O) groups is 2. The number of para-hydroxylation sites is 2.